The fourth-order valence-corrected chi connectivity index (χ4v) is 3.90. The molecule has 0 saturated carbocycles. The molecule has 0 fully saturated rings. The monoisotopic (exact) mass is 351 g/mol. The maximum absolute atomic E-state index is 14.3. The highest BCUT2D eigenvalue weighted by Gasteiger charge is 2.39. The molecule has 1 aromatic carbocycles. The molecular weight excluding hydrogens is 331 g/mol. The molecule has 134 valence electrons. The Kier molecular flexibility index (Phi) is 4.13. The molecule has 1 heterocycles. The average molecular weight is 351 g/mol. The Labute approximate surface area is 144 Å². The third-order valence-corrected chi connectivity index (χ3v) is 4.74. The van der Waals surface area contributed by atoms with E-state index in [4.69, 9.17) is 0 Å². The summed E-state index contributed by atoms with van der Waals surface area (Å²) in [5.74, 6) is -0.925. The summed E-state index contributed by atoms with van der Waals surface area (Å²) in [6.45, 7) is 5.89. The topological polar surface area (TPSA) is 46.9 Å². The van der Waals surface area contributed by atoms with Crippen molar-refractivity contribution in [1.29, 1.82) is 0 Å². The maximum atomic E-state index is 14.3. The van der Waals surface area contributed by atoms with Crippen molar-refractivity contribution in [2.45, 2.75) is 45.0 Å². The largest absolute Gasteiger partial charge is 0.322 e. The Bertz CT molecular complexity index is 842. The van der Waals surface area contributed by atoms with Crippen molar-refractivity contribution >= 4 is 11.6 Å². The van der Waals surface area contributed by atoms with E-state index in [9.17, 15) is 18.0 Å². The van der Waals surface area contributed by atoms with Crippen molar-refractivity contribution in [1.82, 2.24) is 9.78 Å². The number of fused-ring (bicyclic) bond motifs is 1. The zero-order valence-corrected chi connectivity index (χ0v) is 14.5. The van der Waals surface area contributed by atoms with Gasteiger partial charge in [0.1, 0.15) is 11.5 Å². The minimum atomic E-state index is -2.85. The van der Waals surface area contributed by atoms with Crippen LogP contribution in [0.25, 0.3) is 0 Å². The SMILES string of the molecule is CC1CC(C)(C)c2c(F)ccc(NC(=O)c3cn(C)nc3C(F)F)c21. The van der Waals surface area contributed by atoms with Crippen LogP contribution >= 0.6 is 0 Å². The van der Waals surface area contributed by atoms with Crippen molar-refractivity contribution < 1.29 is 18.0 Å². The number of halogens is 3. The van der Waals surface area contributed by atoms with E-state index < -0.39 is 18.0 Å². The van der Waals surface area contributed by atoms with Gasteiger partial charge >= 0.3 is 0 Å². The van der Waals surface area contributed by atoms with Gasteiger partial charge in [0, 0.05) is 18.9 Å². The highest BCUT2D eigenvalue weighted by Crippen LogP contribution is 2.49. The van der Waals surface area contributed by atoms with Gasteiger partial charge in [-0.2, -0.15) is 5.10 Å². The third-order valence-electron chi connectivity index (χ3n) is 4.74. The van der Waals surface area contributed by atoms with Crippen LogP contribution in [-0.4, -0.2) is 15.7 Å². The van der Waals surface area contributed by atoms with Crippen LogP contribution in [0.2, 0.25) is 0 Å². The van der Waals surface area contributed by atoms with Crippen LogP contribution in [-0.2, 0) is 12.5 Å². The Hall–Kier alpha value is -2.31. The fraction of sp³-hybridized carbons (Fsp3) is 0.444. The number of carbonyl (C=O) groups is 1. The summed E-state index contributed by atoms with van der Waals surface area (Å²) in [6.07, 6.45) is -0.839. The van der Waals surface area contributed by atoms with Crippen LogP contribution in [0.5, 0.6) is 0 Å². The second-order valence-electron chi connectivity index (χ2n) is 7.23. The first-order chi connectivity index (χ1) is 11.6. The lowest BCUT2D eigenvalue weighted by atomic mass is 9.85. The van der Waals surface area contributed by atoms with Gasteiger partial charge in [0.15, 0.2) is 0 Å². The molecule has 0 saturated heterocycles. The zero-order valence-electron chi connectivity index (χ0n) is 14.5. The van der Waals surface area contributed by atoms with Gasteiger partial charge in [-0.05, 0) is 41.0 Å². The van der Waals surface area contributed by atoms with E-state index in [2.05, 4.69) is 10.4 Å². The highest BCUT2D eigenvalue weighted by molar-refractivity contribution is 6.05. The molecule has 0 spiro atoms. The Morgan fingerprint density at radius 3 is 2.72 bits per heavy atom. The number of alkyl halides is 2. The average Bonchev–Trinajstić information content (AvgIpc) is 3.00. The Balaban J connectivity index is 2.01. The molecule has 1 atom stereocenters. The molecule has 25 heavy (non-hydrogen) atoms. The van der Waals surface area contributed by atoms with E-state index in [-0.39, 0.29) is 22.7 Å². The molecule has 7 heteroatoms. The first kappa shape index (κ1) is 17.5. The van der Waals surface area contributed by atoms with Gasteiger partial charge in [-0.15, -0.1) is 0 Å². The predicted octanol–water partition coefficient (Wildman–Crippen LogP) is 4.53. The Morgan fingerprint density at radius 1 is 1.40 bits per heavy atom. The van der Waals surface area contributed by atoms with Crippen LogP contribution in [0.1, 0.15) is 66.7 Å². The normalized spacial score (nSPS) is 18.5. The van der Waals surface area contributed by atoms with E-state index in [1.165, 1.54) is 30.1 Å². The van der Waals surface area contributed by atoms with Crippen molar-refractivity contribution in [3.63, 3.8) is 0 Å². The minimum absolute atomic E-state index is 0.0551. The second-order valence-corrected chi connectivity index (χ2v) is 7.23. The molecule has 1 aliphatic carbocycles. The molecule has 2 aromatic rings. The lowest BCUT2D eigenvalue weighted by Gasteiger charge is -2.20. The van der Waals surface area contributed by atoms with Crippen molar-refractivity contribution in [3.8, 4) is 0 Å². The number of hydrogen-bond donors (Lipinski definition) is 1. The molecule has 1 unspecified atom stereocenters. The molecule has 1 N–H and O–H groups in total. The fourth-order valence-electron chi connectivity index (χ4n) is 3.90. The standard InChI is InChI=1S/C18H20F3N3O/c1-9-7-18(2,3)14-11(19)5-6-12(13(9)14)22-17(25)10-8-24(4)23-15(10)16(20)21/h5-6,8-9,16H,7H2,1-4H3,(H,22,25). The van der Waals surface area contributed by atoms with Crippen molar-refractivity contribution in [2.75, 3.05) is 5.32 Å². The van der Waals surface area contributed by atoms with E-state index in [1.54, 1.807) is 0 Å². The summed E-state index contributed by atoms with van der Waals surface area (Å²) in [6, 6.07) is 2.80. The lowest BCUT2D eigenvalue weighted by Crippen LogP contribution is -2.17. The lowest BCUT2D eigenvalue weighted by molar-refractivity contribution is 0.101. The summed E-state index contributed by atoms with van der Waals surface area (Å²) >= 11 is 0. The van der Waals surface area contributed by atoms with Crippen molar-refractivity contribution in [3.05, 3.63) is 46.5 Å². The minimum Gasteiger partial charge on any atom is -0.322 e. The van der Waals surface area contributed by atoms with E-state index >= 15 is 0 Å². The maximum Gasteiger partial charge on any atom is 0.282 e. The molecule has 0 bridgehead atoms. The molecule has 4 nitrogen and oxygen atoms in total. The van der Waals surface area contributed by atoms with Gasteiger partial charge in [-0.25, -0.2) is 13.2 Å². The molecule has 1 amide bonds. The van der Waals surface area contributed by atoms with Crippen LogP contribution in [0.4, 0.5) is 18.9 Å². The molecule has 0 aliphatic heterocycles. The number of amides is 1. The smallest absolute Gasteiger partial charge is 0.282 e. The number of benzene rings is 1. The molecular formula is C18H20F3N3O. The highest BCUT2D eigenvalue weighted by atomic mass is 19.3. The number of carbonyl (C=O) groups excluding carboxylic acids is 1. The van der Waals surface area contributed by atoms with E-state index in [0.717, 1.165) is 12.0 Å². The van der Waals surface area contributed by atoms with Gasteiger partial charge in [0.2, 0.25) is 0 Å². The van der Waals surface area contributed by atoms with E-state index in [0.29, 0.717) is 11.3 Å². The molecule has 1 aliphatic rings. The summed E-state index contributed by atoms with van der Waals surface area (Å²) in [4.78, 5) is 12.5. The Morgan fingerprint density at radius 2 is 2.08 bits per heavy atom. The van der Waals surface area contributed by atoms with Crippen LogP contribution < -0.4 is 5.32 Å². The first-order valence-corrected chi connectivity index (χ1v) is 8.07. The number of aryl methyl sites for hydroxylation is 1. The van der Waals surface area contributed by atoms with Gasteiger partial charge in [-0.1, -0.05) is 20.8 Å². The summed E-state index contributed by atoms with van der Waals surface area (Å²) in [5, 5.41) is 6.31. The second kappa shape index (κ2) is 5.89. The number of hydrogen-bond acceptors (Lipinski definition) is 2. The number of nitrogens with one attached hydrogen (secondary N) is 1. The molecule has 1 aromatic heterocycles. The molecule has 0 radical (unpaired) electrons. The summed E-state index contributed by atoms with van der Waals surface area (Å²) in [5.41, 5.74) is 0.692. The number of nitrogens with zero attached hydrogens (tertiary/aromatic N) is 2. The third kappa shape index (κ3) is 2.92. The van der Waals surface area contributed by atoms with Gasteiger partial charge < -0.3 is 5.32 Å². The van der Waals surface area contributed by atoms with Crippen LogP contribution in [0.3, 0.4) is 0 Å². The first-order valence-electron chi connectivity index (χ1n) is 8.07. The van der Waals surface area contributed by atoms with Gasteiger partial charge in [-0.3, -0.25) is 9.48 Å². The van der Waals surface area contributed by atoms with Crippen LogP contribution in [0.15, 0.2) is 18.3 Å². The number of aromatic nitrogens is 2. The van der Waals surface area contributed by atoms with E-state index in [1.807, 2.05) is 20.8 Å². The predicted molar refractivity (Wildman–Crippen MR) is 88.6 cm³/mol. The van der Waals surface area contributed by atoms with Crippen LogP contribution in [0, 0.1) is 5.82 Å². The summed E-state index contributed by atoms with van der Waals surface area (Å²) in [7, 11) is 1.48. The summed E-state index contributed by atoms with van der Waals surface area (Å²) < 4.78 is 41.7. The quantitative estimate of drug-likeness (QED) is 0.883. The van der Waals surface area contributed by atoms with Gasteiger partial charge in [0.25, 0.3) is 12.3 Å². The molecule has 3 rings (SSSR count). The van der Waals surface area contributed by atoms with Crippen molar-refractivity contribution in [2.24, 2.45) is 7.05 Å². The number of rotatable bonds is 3. The van der Waals surface area contributed by atoms with Gasteiger partial charge in [0.05, 0.1) is 5.56 Å². The zero-order chi connectivity index (χ0) is 18.5. The number of anilines is 1.